The Hall–Kier alpha value is -1.54. The molecular weight excluding hydrogens is 196 g/mol. The summed E-state index contributed by atoms with van der Waals surface area (Å²) in [6.45, 7) is 5.83. The molecule has 0 radical (unpaired) electrons. The van der Waals surface area contributed by atoms with Gasteiger partial charge in [0.15, 0.2) is 0 Å². The molecule has 0 unspecified atom stereocenters. The van der Waals surface area contributed by atoms with Gasteiger partial charge in [0.2, 0.25) is 0 Å². The first kappa shape index (κ1) is 11.0. The predicted octanol–water partition coefficient (Wildman–Crippen LogP) is 2.61. The molecule has 2 N–H and O–H groups in total. The van der Waals surface area contributed by atoms with Crippen LogP contribution < -0.4 is 5.73 Å². The van der Waals surface area contributed by atoms with Crippen molar-refractivity contribution in [2.24, 2.45) is 5.73 Å². The Kier molecular flexibility index (Phi) is 3.11. The van der Waals surface area contributed by atoms with Crippen molar-refractivity contribution in [2.75, 3.05) is 0 Å². The van der Waals surface area contributed by atoms with Crippen LogP contribution in [0.15, 0.2) is 36.5 Å². The molecular formula is C14H18N2. The summed E-state index contributed by atoms with van der Waals surface area (Å²) in [5.41, 5.74) is 11.0. The minimum atomic E-state index is 0.595. The molecule has 1 aromatic carbocycles. The molecule has 0 fully saturated rings. The Balaban J connectivity index is 2.34. The largest absolute Gasteiger partial charge is 0.346 e. The first-order valence-corrected chi connectivity index (χ1v) is 5.61. The molecule has 2 aromatic rings. The number of nitrogens with two attached hydrogens (primary N) is 1. The van der Waals surface area contributed by atoms with E-state index < -0.39 is 0 Å². The maximum absolute atomic E-state index is 5.70. The predicted molar refractivity (Wildman–Crippen MR) is 67.3 cm³/mol. The van der Waals surface area contributed by atoms with Crippen molar-refractivity contribution in [3.8, 4) is 0 Å². The second-order valence-electron chi connectivity index (χ2n) is 4.20. The Morgan fingerprint density at radius 3 is 2.38 bits per heavy atom. The van der Waals surface area contributed by atoms with E-state index in [1.165, 1.54) is 22.4 Å². The lowest BCUT2D eigenvalue weighted by atomic mass is 10.0. The van der Waals surface area contributed by atoms with Gasteiger partial charge in [-0.2, -0.15) is 0 Å². The van der Waals surface area contributed by atoms with Crippen molar-refractivity contribution in [1.29, 1.82) is 0 Å². The van der Waals surface area contributed by atoms with Gasteiger partial charge >= 0.3 is 0 Å². The Morgan fingerprint density at radius 1 is 1.06 bits per heavy atom. The lowest BCUT2D eigenvalue weighted by molar-refractivity contribution is 0.737. The Labute approximate surface area is 96.7 Å². The van der Waals surface area contributed by atoms with E-state index >= 15 is 0 Å². The maximum atomic E-state index is 5.70. The number of aromatic nitrogens is 1. The van der Waals surface area contributed by atoms with Gasteiger partial charge < -0.3 is 10.3 Å². The summed E-state index contributed by atoms with van der Waals surface area (Å²) in [7, 11) is 0. The lowest BCUT2D eigenvalue weighted by Crippen LogP contribution is -2.09. The maximum Gasteiger partial charge on any atom is 0.0478 e. The van der Waals surface area contributed by atoms with Crippen LogP contribution in [0.4, 0.5) is 0 Å². The molecule has 0 saturated heterocycles. The summed E-state index contributed by atoms with van der Waals surface area (Å²) in [6.07, 6.45) is 2.09. The van der Waals surface area contributed by atoms with Crippen LogP contribution in [0, 0.1) is 13.8 Å². The van der Waals surface area contributed by atoms with Gasteiger partial charge in [0.05, 0.1) is 0 Å². The average Bonchev–Trinajstić information content (AvgIpc) is 2.71. The number of hydrogen-bond acceptors (Lipinski definition) is 1. The first-order chi connectivity index (χ1) is 7.72. The fourth-order valence-corrected chi connectivity index (χ4v) is 2.06. The lowest BCUT2D eigenvalue weighted by Gasteiger charge is -2.13. The summed E-state index contributed by atoms with van der Waals surface area (Å²) in [6, 6.07) is 10.6. The van der Waals surface area contributed by atoms with Crippen molar-refractivity contribution in [2.45, 2.75) is 26.9 Å². The summed E-state index contributed by atoms with van der Waals surface area (Å²) < 4.78 is 2.22. The van der Waals surface area contributed by atoms with E-state index in [0.29, 0.717) is 6.54 Å². The van der Waals surface area contributed by atoms with Gasteiger partial charge in [0.25, 0.3) is 0 Å². The summed E-state index contributed by atoms with van der Waals surface area (Å²) in [5, 5.41) is 0. The minimum Gasteiger partial charge on any atom is -0.346 e. The van der Waals surface area contributed by atoms with Crippen molar-refractivity contribution >= 4 is 0 Å². The van der Waals surface area contributed by atoms with E-state index in [1.807, 2.05) is 0 Å². The molecule has 0 amide bonds. The molecule has 2 rings (SSSR count). The highest BCUT2D eigenvalue weighted by Gasteiger charge is 2.04. The van der Waals surface area contributed by atoms with Gasteiger partial charge in [-0.25, -0.2) is 0 Å². The third-order valence-electron chi connectivity index (χ3n) is 3.11. The van der Waals surface area contributed by atoms with E-state index in [1.54, 1.807) is 0 Å². The van der Waals surface area contributed by atoms with Gasteiger partial charge in [-0.05, 0) is 42.7 Å². The van der Waals surface area contributed by atoms with Crippen molar-refractivity contribution in [1.82, 2.24) is 4.57 Å². The number of aryl methyl sites for hydroxylation is 2. The summed E-state index contributed by atoms with van der Waals surface area (Å²) >= 11 is 0. The number of rotatable bonds is 3. The highest BCUT2D eigenvalue weighted by Crippen LogP contribution is 2.16. The highest BCUT2D eigenvalue weighted by atomic mass is 15.0. The molecule has 84 valence electrons. The molecule has 0 spiro atoms. The monoisotopic (exact) mass is 214 g/mol. The van der Waals surface area contributed by atoms with Crippen molar-refractivity contribution in [3.63, 3.8) is 0 Å². The summed E-state index contributed by atoms with van der Waals surface area (Å²) in [5.74, 6) is 0. The Morgan fingerprint density at radius 2 is 1.75 bits per heavy atom. The molecule has 0 saturated carbocycles. The van der Waals surface area contributed by atoms with Gasteiger partial charge in [0, 0.05) is 25.0 Å². The van der Waals surface area contributed by atoms with E-state index in [4.69, 9.17) is 5.73 Å². The second kappa shape index (κ2) is 4.54. The van der Waals surface area contributed by atoms with E-state index in [9.17, 15) is 0 Å². The van der Waals surface area contributed by atoms with Crippen LogP contribution in [0.3, 0.4) is 0 Å². The van der Waals surface area contributed by atoms with Crippen LogP contribution in [0.25, 0.3) is 0 Å². The molecule has 0 atom stereocenters. The molecule has 2 heteroatoms. The van der Waals surface area contributed by atoms with E-state index in [0.717, 1.165) is 6.54 Å². The molecule has 1 aromatic heterocycles. The molecule has 16 heavy (non-hydrogen) atoms. The highest BCUT2D eigenvalue weighted by molar-refractivity contribution is 5.34. The van der Waals surface area contributed by atoms with Gasteiger partial charge in [0.1, 0.15) is 0 Å². The van der Waals surface area contributed by atoms with Crippen molar-refractivity contribution in [3.05, 3.63) is 58.9 Å². The second-order valence-corrected chi connectivity index (χ2v) is 4.20. The molecule has 0 aliphatic rings. The molecule has 0 aliphatic carbocycles. The van der Waals surface area contributed by atoms with Crippen molar-refractivity contribution < 1.29 is 0 Å². The number of nitrogens with zero attached hydrogens (tertiary/aromatic N) is 1. The number of hydrogen-bond donors (Lipinski definition) is 1. The first-order valence-electron chi connectivity index (χ1n) is 5.61. The van der Waals surface area contributed by atoms with Crippen LogP contribution in [-0.2, 0) is 13.1 Å². The van der Waals surface area contributed by atoms with Crippen LogP contribution >= 0.6 is 0 Å². The van der Waals surface area contributed by atoms with Gasteiger partial charge in [-0.3, -0.25) is 0 Å². The SMILES string of the molecule is Cc1cccc(C)c1Cn1cccc1CN. The summed E-state index contributed by atoms with van der Waals surface area (Å²) in [4.78, 5) is 0. The third kappa shape index (κ3) is 2.02. The van der Waals surface area contributed by atoms with Crippen LogP contribution in [0.1, 0.15) is 22.4 Å². The molecule has 1 heterocycles. The fourth-order valence-electron chi connectivity index (χ4n) is 2.06. The average molecular weight is 214 g/mol. The smallest absolute Gasteiger partial charge is 0.0478 e. The third-order valence-corrected chi connectivity index (χ3v) is 3.11. The normalized spacial score (nSPS) is 10.7. The molecule has 2 nitrogen and oxygen atoms in total. The standard InChI is InChI=1S/C14H18N2/c1-11-5-3-6-12(2)14(11)10-16-8-4-7-13(16)9-15/h3-8H,9-10,15H2,1-2H3. The zero-order valence-electron chi connectivity index (χ0n) is 9.90. The molecule has 0 aliphatic heterocycles. The van der Waals surface area contributed by atoms with Crippen LogP contribution in [-0.4, -0.2) is 4.57 Å². The minimum absolute atomic E-state index is 0.595. The van der Waals surface area contributed by atoms with E-state index in [-0.39, 0.29) is 0 Å². The topological polar surface area (TPSA) is 30.9 Å². The Bertz CT molecular complexity index is 463. The zero-order chi connectivity index (χ0) is 11.5. The van der Waals surface area contributed by atoms with Gasteiger partial charge in [-0.1, -0.05) is 18.2 Å². The quantitative estimate of drug-likeness (QED) is 0.836. The van der Waals surface area contributed by atoms with Crippen LogP contribution in [0.5, 0.6) is 0 Å². The van der Waals surface area contributed by atoms with E-state index in [2.05, 4.69) is 54.9 Å². The fraction of sp³-hybridized carbons (Fsp3) is 0.286. The molecule has 0 bridgehead atoms. The van der Waals surface area contributed by atoms with Crippen LogP contribution in [0.2, 0.25) is 0 Å². The van der Waals surface area contributed by atoms with Gasteiger partial charge in [-0.15, -0.1) is 0 Å². The zero-order valence-corrected chi connectivity index (χ0v) is 9.90. The number of benzene rings is 1.